The number of benzene rings is 1. The molecule has 0 radical (unpaired) electrons. The monoisotopic (exact) mass is 269 g/mol. The van der Waals surface area contributed by atoms with Crippen molar-refractivity contribution < 1.29 is 13.5 Å². The molecule has 1 aliphatic rings. The molecule has 0 bridgehead atoms. The summed E-state index contributed by atoms with van der Waals surface area (Å²) >= 11 is 0. The fourth-order valence-electron chi connectivity index (χ4n) is 3.11. The minimum Gasteiger partial charge on any atom is -0.375 e. The van der Waals surface area contributed by atoms with E-state index < -0.39 is 11.6 Å². The van der Waals surface area contributed by atoms with Crippen LogP contribution in [0.25, 0.3) is 0 Å². The first kappa shape index (κ1) is 14.4. The first-order valence-electron chi connectivity index (χ1n) is 6.75. The van der Waals surface area contributed by atoms with Crippen molar-refractivity contribution in [2.24, 2.45) is 17.6 Å². The van der Waals surface area contributed by atoms with Gasteiger partial charge in [-0.2, -0.15) is 0 Å². The molecule has 0 aliphatic carbocycles. The van der Waals surface area contributed by atoms with E-state index in [9.17, 15) is 8.78 Å². The molecule has 0 amide bonds. The molecule has 1 heterocycles. The molecular formula is C15H21F2NO. The van der Waals surface area contributed by atoms with Crippen molar-refractivity contribution in [3.63, 3.8) is 0 Å². The molecule has 1 aromatic rings. The van der Waals surface area contributed by atoms with E-state index in [1.165, 1.54) is 6.07 Å². The van der Waals surface area contributed by atoms with Crippen molar-refractivity contribution in [2.75, 3.05) is 0 Å². The fraction of sp³-hybridized carbons (Fsp3) is 0.600. The summed E-state index contributed by atoms with van der Waals surface area (Å²) in [4.78, 5) is 0. The molecule has 1 aliphatic heterocycles. The highest BCUT2D eigenvalue weighted by molar-refractivity contribution is 5.19. The largest absolute Gasteiger partial charge is 0.375 e. The molecule has 1 fully saturated rings. The fourth-order valence-corrected chi connectivity index (χ4v) is 3.11. The third kappa shape index (κ3) is 2.95. The van der Waals surface area contributed by atoms with E-state index in [-0.39, 0.29) is 24.2 Å². The summed E-state index contributed by atoms with van der Waals surface area (Å²) in [6.45, 7) is 6.20. The Morgan fingerprint density at radius 3 is 2.37 bits per heavy atom. The SMILES string of the molecule is CC1OC(C)C(C(N)Cc2ccc(F)c(F)c2)C1C. The van der Waals surface area contributed by atoms with Crippen LogP contribution in [0.15, 0.2) is 18.2 Å². The van der Waals surface area contributed by atoms with Crippen molar-refractivity contribution in [3.8, 4) is 0 Å². The smallest absolute Gasteiger partial charge is 0.159 e. The van der Waals surface area contributed by atoms with Gasteiger partial charge in [0.2, 0.25) is 0 Å². The molecule has 5 atom stereocenters. The van der Waals surface area contributed by atoms with Crippen LogP contribution in [0.2, 0.25) is 0 Å². The van der Waals surface area contributed by atoms with Gasteiger partial charge in [0.05, 0.1) is 12.2 Å². The summed E-state index contributed by atoms with van der Waals surface area (Å²) in [5.41, 5.74) is 6.97. The quantitative estimate of drug-likeness (QED) is 0.915. The van der Waals surface area contributed by atoms with Gasteiger partial charge in [-0.3, -0.25) is 0 Å². The van der Waals surface area contributed by atoms with Crippen LogP contribution in [0.5, 0.6) is 0 Å². The average Bonchev–Trinajstić information content (AvgIpc) is 2.58. The lowest BCUT2D eigenvalue weighted by Crippen LogP contribution is -2.39. The Morgan fingerprint density at radius 2 is 1.84 bits per heavy atom. The second kappa shape index (κ2) is 5.55. The highest BCUT2D eigenvalue weighted by Gasteiger charge is 2.40. The van der Waals surface area contributed by atoms with Gasteiger partial charge in [0, 0.05) is 12.0 Å². The molecule has 0 aromatic heterocycles. The van der Waals surface area contributed by atoms with Crippen LogP contribution in [0.3, 0.4) is 0 Å². The van der Waals surface area contributed by atoms with E-state index in [1.54, 1.807) is 6.07 Å². The van der Waals surface area contributed by atoms with Crippen LogP contribution in [-0.4, -0.2) is 18.2 Å². The lowest BCUT2D eigenvalue weighted by atomic mass is 9.81. The third-order valence-electron chi connectivity index (χ3n) is 4.27. The number of hydrogen-bond donors (Lipinski definition) is 1. The molecule has 1 aromatic carbocycles. The van der Waals surface area contributed by atoms with Gasteiger partial charge in [0.15, 0.2) is 11.6 Å². The minimum absolute atomic E-state index is 0.102. The van der Waals surface area contributed by atoms with E-state index in [1.807, 2.05) is 13.8 Å². The standard InChI is InChI=1S/C15H21F2NO/c1-8-9(2)19-10(3)15(8)14(18)7-11-4-5-12(16)13(17)6-11/h4-6,8-10,14-15H,7,18H2,1-3H3. The first-order valence-corrected chi connectivity index (χ1v) is 6.75. The first-order chi connectivity index (χ1) is 8.90. The van der Waals surface area contributed by atoms with E-state index in [4.69, 9.17) is 10.5 Å². The van der Waals surface area contributed by atoms with Crippen LogP contribution in [0, 0.1) is 23.5 Å². The molecule has 2 rings (SSSR count). The van der Waals surface area contributed by atoms with Crippen LogP contribution in [0.4, 0.5) is 8.78 Å². The number of ether oxygens (including phenoxy) is 1. The topological polar surface area (TPSA) is 35.2 Å². The van der Waals surface area contributed by atoms with E-state index >= 15 is 0 Å². The van der Waals surface area contributed by atoms with Gasteiger partial charge in [0.25, 0.3) is 0 Å². The molecular weight excluding hydrogens is 248 g/mol. The summed E-state index contributed by atoms with van der Waals surface area (Å²) in [5.74, 6) is -1.03. The zero-order valence-electron chi connectivity index (χ0n) is 11.6. The Bertz CT molecular complexity index is 452. The Balaban J connectivity index is 2.08. The second-order valence-electron chi connectivity index (χ2n) is 5.60. The second-order valence-corrected chi connectivity index (χ2v) is 5.60. The summed E-state index contributed by atoms with van der Waals surface area (Å²) in [5, 5.41) is 0. The number of halogens is 2. The summed E-state index contributed by atoms with van der Waals surface area (Å²) in [6, 6.07) is 3.86. The van der Waals surface area contributed by atoms with Gasteiger partial charge in [-0.25, -0.2) is 8.78 Å². The predicted octanol–water partition coefficient (Wildman–Crippen LogP) is 2.89. The van der Waals surface area contributed by atoms with Crippen LogP contribution >= 0.6 is 0 Å². The summed E-state index contributed by atoms with van der Waals surface area (Å²) < 4.78 is 31.8. The number of hydrogen-bond acceptors (Lipinski definition) is 2. The number of nitrogens with two attached hydrogens (primary N) is 1. The third-order valence-corrected chi connectivity index (χ3v) is 4.27. The Hall–Kier alpha value is -1.00. The molecule has 2 nitrogen and oxygen atoms in total. The Labute approximate surface area is 112 Å². The van der Waals surface area contributed by atoms with Gasteiger partial charge in [0.1, 0.15) is 0 Å². The van der Waals surface area contributed by atoms with Crippen molar-refractivity contribution in [2.45, 2.75) is 45.4 Å². The molecule has 0 saturated carbocycles. The highest BCUT2D eigenvalue weighted by atomic mass is 19.2. The van der Waals surface area contributed by atoms with Crippen LogP contribution in [-0.2, 0) is 11.2 Å². The van der Waals surface area contributed by atoms with Crippen LogP contribution < -0.4 is 5.73 Å². The summed E-state index contributed by atoms with van der Waals surface area (Å²) in [6.07, 6.45) is 0.827. The van der Waals surface area contributed by atoms with Gasteiger partial charge >= 0.3 is 0 Å². The van der Waals surface area contributed by atoms with Crippen molar-refractivity contribution >= 4 is 0 Å². The van der Waals surface area contributed by atoms with Crippen molar-refractivity contribution in [1.29, 1.82) is 0 Å². The lowest BCUT2D eigenvalue weighted by Gasteiger charge is -2.25. The van der Waals surface area contributed by atoms with E-state index in [2.05, 4.69) is 6.92 Å². The Kier molecular flexibility index (Phi) is 4.21. The molecule has 0 spiro atoms. The van der Waals surface area contributed by atoms with Crippen molar-refractivity contribution in [1.82, 2.24) is 0 Å². The van der Waals surface area contributed by atoms with E-state index in [0.717, 1.165) is 11.6 Å². The molecule has 2 N–H and O–H groups in total. The van der Waals surface area contributed by atoms with Gasteiger partial charge in [-0.05, 0) is 43.9 Å². The highest BCUT2D eigenvalue weighted by Crippen LogP contribution is 2.34. The maximum absolute atomic E-state index is 13.2. The zero-order valence-corrected chi connectivity index (χ0v) is 11.6. The maximum atomic E-state index is 13.2. The summed E-state index contributed by atoms with van der Waals surface area (Å²) in [7, 11) is 0. The normalized spacial score (nSPS) is 32.5. The van der Waals surface area contributed by atoms with E-state index in [0.29, 0.717) is 12.3 Å². The Morgan fingerprint density at radius 1 is 1.16 bits per heavy atom. The molecule has 106 valence electrons. The maximum Gasteiger partial charge on any atom is 0.159 e. The molecule has 19 heavy (non-hydrogen) atoms. The van der Waals surface area contributed by atoms with Crippen molar-refractivity contribution in [3.05, 3.63) is 35.4 Å². The average molecular weight is 269 g/mol. The molecule has 4 heteroatoms. The predicted molar refractivity (Wildman–Crippen MR) is 70.7 cm³/mol. The van der Waals surface area contributed by atoms with Crippen LogP contribution in [0.1, 0.15) is 26.3 Å². The van der Waals surface area contributed by atoms with Gasteiger partial charge < -0.3 is 10.5 Å². The zero-order chi connectivity index (χ0) is 14.2. The van der Waals surface area contributed by atoms with Gasteiger partial charge in [-0.1, -0.05) is 13.0 Å². The van der Waals surface area contributed by atoms with Gasteiger partial charge in [-0.15, -0.1) is 0 Å². The number of rotatable bonds is 3. The lowest BCUT2D eigenvalue weighted by molar-refractivity contribution is 0.0490. The molecule has 5 unspecified atom stereocenters. The minimum atomic E-state index is -0.822. The molecule has 1 saturated heterocycles.